The van der Waals surface area contributed by atoms with Crippen LogP contribution in [-0.2, 0) is 0 Å². The predicted molar refractivity (Wildman–Crippen MR) is 115 cm³/mol. The number of carbonyl (C=O) groups excluding carboxylic acids is 2. The van der Waals surface area contributed by atoms with Crippen molar-refractivity contribution in [3.63, 3.8) is 0 Å². The summed E-state index contributed by atoms with van der Waals surface area (Å²) in [5.41, 5.74) is 4.88. The Morgan fingerprint density at radius 1 is 1.03 bits per heavy atom. The minimum absolute atomic E-state index is 0.0154. The highest BCUT2D eigenvalue weighted by Gasteiger charge is 2.18. The quantitative estimate of drug-likeness (QED) is 0.428. The lowest BCUT2D eigenvalue weighted by Crippen LogP contribution is -2.23. The number of rotatable bonds is 6. The number of hydrogen-bond acceptors (Lipinski definition) is 7. The summed E-state index contributed by atoms with van der Waals surface area (Å²) < 4.78 is 3.73. The maximum Gasteiger partial charge on any atom is 0.324 e. The highest BCUT2D eigenvalue weighted by atomic mass is 32.1. The number of anilines is 3. The van der Waals surface area contributed by atoms with Crippen LogP contribution in [0, 0.1) is 0 Å². The predicted octanol–water partition coefficient (Wildman–Crippen LogP) is 3.01. The fourth-order valence-corrected chi connectivity index (χ4v) is 2.85. The Bertz CT molecular complexity index is 1000. The summed E-state index contributed by atoms with van der Waals surface area (Å²) in [6.07, 6.45) is 1.52. The Morgan fingerprint density at radius 3 is 2.45 bits per heavy atom. The number of nitrogens with zero attached hydrogens (tertiary/aromatic N) is 4. The summed E-state index contributed by atoms with van der Waals surface area (Å²) in [5.74, 6) is -0.574. The normalized spacial score (nSPS) is 10.6. The number of urea groups is 1. The van der Waals surface area contributed by atoms with E-state index >= 15 is 0 Å². The fourth-order valence-electron chi connectivity index (χ4n) is 2.29. The van der Waals surface area contributed by atoms with Gasteiger partial charge >= 0.3 is 6.03 Å². The van der Waals surface area contributed by atoms with Crippen LogP contribution in [0.15, 0.2) is 59.7 Å². The van der Waals surface area contributed by atoms with Gasteiger partial charge in [-0.1, -0.05) is 34.8 Å². The largest absolute Gasteiger partial charge is 0.378 e. The first-order valence-electron chi connectivity index (χ1n) is 8.59. The van der Waals surface area contributed by atoms with Gasteiger partial charge in [0.05, 0.1) is 6.21 Å². The molecule has 1 heterocycles. The lowest BCUT2D eigenvalue weighted by Gasteiger charge is -2.11. The Hall–Kier alpha value is -3.79. The molecule has 0 atom stereocenters. The van der Waals surface area contributed by atoms with Gasteiger partial charge in [-0.3, -0.25) is 10.1 Å². The second-order valence-corrected chi connectivity index (χ2v) is 6.84. The standard InChI is InChI=1S/C19H19N7O2S/c1-26(2)15-10-8-13(9-11-15)12-20-24-17(27)16-18(29-25-23-16)22-19(28)21-14-6-4-3-5-7-14/h3-12H,1-2H3,(H,24,27)(H2,21,22,28). The summed E-state index contributed by atoms with van der Waals surface area (Å²) in [5, 5.41) is 13.2. The highest BCUT2D eigenvalue weighted by Crippen LogP contribution is 2.18. The van der Waals surface area contributed by atoms with Gasteiger partial charge < -0.3 is 10.2 Å². The van der Waals surface area contributed by atoms with Crippen LogP contribution in [0.25, 0.3) is 0 Å². The van der Waals surface area contributed by atoms with E-state index in [4.69, 9.17) is 0 Å². The summed E-state index contributed by atoms with van der Waals surface area (Å²) in [6.45, 7) is 0. The van der Waals surface area contributed by atoms with Crippen molar-refractivity contribution >= 4 is 46.1 Å². The Kier molecular flexibility index (Phi) is 6.48. The van der Waals surface area contributed by atoms with Crippen molar-refractivity contribution in [1.29, 1.82) is 0 Å². The molecule has 3 N–H and O–H groups in total. The number of hydrogen-bond donors (Lipinski definition) is 3. The Morgan fingerprint density at radius 2 is 1.76 bits per heavy atom. The van der Waals surface area contributed by atoms with E-state index in [9.17, 15) is 9.59 Å². The van der Waals surface area contributed by atoms with Gasteiger partial charge in [0.25, 0.3) is 5.91 Å². The molecule has 0 aliphatic rings. The Balaban J connectivity index is 1.57. The lowest BCUT2D eigenvalue weighted by molar-refractivity contribution is 0.0951. The van der Waals surface area contributed by atoms with Gasteiger partial charge in [0.1, 0.15) is 0 Å². The molecule has 9 nitrogen and oxygen atoms in total. The van der Waals surface area contributed by atoms with Crippen LogP contribution in [0.4, 0.5) is 21.2 Å². The molecule has 0 aliphatic heterocycles. The minimum Gasteiger partial charge on any atom is -0.378 e. The molecule has 3 amide bonds. The summed E-state index contributed by atoms with van der Waals surface area (Å²) in [6, 6.07) is 16.1. The first-order valence-corrected chi connectivity index (χ1v) is 9.36. The molecule has 0 saturated heterocycles. The first kappa shape index (κ1) is 20.0. The molecule has 0 bridgehead atoms. The van der Waals surface area contributed by atoms with Crippen LogP contribution < -0.4 is 21.0 Å². The molecule has 0 saturated carbocycles. The van der Waals surface area contributed by atoms with E-state index < -0.39 is 11.9 Å². The van der Waals surface area contributed by atoms with Crippen molar-refractivity contribution in [3.8, 4) is 0 Å². The van der Waals surface area contributed by atoms with E-state index in [0.717, 1.165) is 22.8 Å². The number of hydrazone groups is 1. The molecule has 0 radical (unpaired) electrons. The van der Waals surface area contributed by atoms with Crippen LogP contribution in [0.3, 0.4) is 0 Å². The molecule has 29 heavy (non-hydrogen) atoms. The molecule has 2 aromatic carbocycles. The van der Waals surface area contributed by atoms with Crippen molar-refractivity contribution in [3.05, 3.63) is 65.9 Å². The summed E-state index contributed by atoms with van der Waals surface area (Å²) in [7, 11) is 3.91. The van der Waals surface area contributed by atoms with Crippen molar-refractivity contribution in [2.24, 2.45) is 5.10 Å². The molecule has 3 rings (SSSR count). The number of nitrogens with one attached hydrogen (secondary N) is 3. The van der Waals surface area contributed by atoms with Crippen LogP contribution >= 0.6 is 11.5 Å². The molecular weight excluding hydrogens is 390 g/mol. The number of para-hydroxylation sites is 1. The second kappa shape index (κ2) is 9.42. The minimum atomic E-state index is -0.574. The molecular formula is C19H19N7O2S. The third kappa shape index (κ3) is 5.59. The van der Waals surface area contributed by atoms with Gasteiger partial charge in [0.2, 0.25) is 0 Å². The molecule has 1 aromatic heterocycles. The molecule has 148 valence electrons. The maximum atomic E-state index is 12.3. The third-order valence-electron chi connectivity index (χ3n) is 3.75. The van der Waals surface area contributed by atoms with Gasteiger partial charge in [0.15, 0.2) is 10.7 Å². The van der Waals surface area contributed by atoms with Crippen LogP contribution in [0.2, 0.25) is 0 Å². The molecule has 3 aromatic rings. The van der Waals surface area contributed by atoms with Crippen molar-refractivity contribution in [1.82, 2.24) is 15.0 Å². The molecule has 0 aliphatic carbocycles. The van der Waals surface area contributed by atoms with Gasteiger partial charge in [-0.05, 0) is 29.8 Å². The van der Waals surface area contributed by atoms with Crippen molar-refractivity contribution in [2.45, 2.75) is 0 Å². The van der Waals surface area contributed by atoms with Gasteiger partial charge in [-0.25, -0.2) is 10.2 Å². The monoisotopic (exact) mass is 409 g/mol. The van der Waals surface area contributed by atoms with Gasteiger partial charge in [-0.2, -0.15) is 5.10 Å². The average molecular weight is 409 g/mol. The molecule has 0 fully saturated rings. The smallest absolute Gasteiger partial charge is 0.324 e. The number of benzene rings is 2. The van der Waals surface area contributed by atoms with Crippen molar-refractivity contribution in [2.75, 3.05) is 29.6 Å². The zero-order chi connectivity index (χ0) is 20.6. The summed E-state index contributed by atoms with van der Waals surface area (Å²) >= 11 is 0.900. The van der Waals surface area contributed by atoms with E-state index in [-0.39, 0.29) is 10.7 Å². The zero-order valence-electron chi connectivity index (χ0n) is 15.8. The van der Waals surface area contributed by atoms with Crippen LogP contribution in [0.5, 0.6) is 0 Å². The van der Waals surface area contributed by atoms with Crippen LogP contribution in [0.1, 0.15) is 16.1 Å². The van der Waals surface area contributed by atoms with Gasteiger partial charge in [0, 0.05) is 37.0 Å². The van der Waals surface area contributed by atoms with E-state index in [0.29, 0.717) is 5.69 Å². The van der Waals surface area contributed by atoms with Gasteiger partial charge in [-0.15, -0.1) is 5.10 Å². The second-order valence-electron chi connectivity index (χ2n) is 6.08. The van der Waals surface area contributed by atoms with E-state index in [1.54, 1.807) is 24.3 Å². The number of aromatic nitrogens is 2. The topological polar surface area (TPSA) is 112 Å². The van der Waals surface area contributed by atoms with Crippen molar-refractivity contribution < 1.29 is 9.59 Å². The maximum absolute atomic E-state index is 12.3. The SMILES string of the molecule is CN(C)c1ccc(C=NNC(=O)c2nnsc2NC(=O)Nc2ccccc2)cc1. The average Bonchev–Trinajstić information content (AvgIpc) is 3.17. The highest BCUT2D eigenvalue weighted by molar-refractivity contribution is 7.10. The van der Waals surface area contributed by atoms with E-state index in [1.807, 2.05) is 49.3 Å². The number of carbonyl (C=O) groups is 2. The van der Waals surface area contributed by atoms with Crippen LogP contribution in [-0.4, -0.2) is 41.8 Å². The third-order valence-corrected chi connectivity index (χ3v) is 4.39. The van der Waals surface area contributed by atoms with E-state index in [1.165, 1.54) is 6.21 Å². The Labute approximate surface area is 171 Å². The molecule has 0 unspecified atom stereocenters. The summed E-state index contributed by atoms with van der Waals surface area (Å²) in [4.78, 5) is 26.4. The molecule has 10 heteroatoms. The molecule has 0 spiro atoms. The zero-order valence-corrected chi connectivity index (χ0v) is 16.6. The van der Waals surface area contributed by atoms with E-state index in [2.05, 4.69) is 30.7 Å². The first-order chi connectivity index (χ1) is 14.0. The number of amides is 3. The lowest BCUT2D eigenvalue weighted by atomic mass is 10.2. The fraction of sp³-hybridized carbons (Fsp3) is 0.105.